The minimum absolute atomic E-state index is 0.0318. The Hall–Kier alpha value is -3.86. The van der Waals surface area contributed by atoms with Crippen LogP contribution < -0.4 is 5.32 Å². The molecule has 174 valence electrons. The largest absolute Gasteiger partial charge is 0.462 e. The second-order valence-electron chi connectivity index (χ2n) is 8.28. The van der Waals surface area contributed by atoms with Gasteiger partial charge in [-0.05, 0) is 66.4 Å². The van der Waals surface area contributed by atoms with Gasteiger partial charge in [-0.2, -0.15) is 0 Å². The normalized spacial score (nSPS) is 10.9. The van der Waals surface area contributed by atoms with Gasteiger partial charge in [-0.1, -0.05) is 49.7 Å². The number of fused-ring (bicyclic) bond motifs is 1. The first-order valence-electron chi connectivity index (χ1n) is 11.8. The Morgan fingerprint density at radius 1 is 0.912 bits per heavy atom. The number of nitrogens with zero attached hydrogens (tertiary/aromatic N) is 1. The molecule has 1 N–H and O–H groups in total. The number of unbranched alkanes of at least 4 members (excludes halogenated alkanes) is 1. The maximum atomic E-state index is 12.3. The number of rotatable bonds is 9. The zero-order valence-corrected chi connectivity index (χ0v) is 19.7. The van der Waals surface area contributed by atoms with Crippen molar-refractivity contribution in [3.63, 3.8) is 0 Å². The van der Waals surface area contributed by atoms with Crippen LogP contribution in [-0.4, -0.2) is 29.6 Å². The number of hydrogen-bond donors (Lipinski definition) is 1. The van der Waals surface area contributed by atoms with Crippen molar-refractivity contribution >= 4 is 22.8 Å². The van der Waals surface area contributed by atoms with Crippen molar-refractivity contribution in [2.24, 2.45) is 0 Å². The van der Waals surface area contributed by atoms with E-state index in [1.807, 2.05) is 61.7 Å². The average molecular weight is 455 g/mol. The van der Waals surface area contributed by atoms with Gasteiger partial charge >= 0.3 is 5.97 Å². The molecule has 0 spiro atoms. The molecule has 5 nitrogen and oxygen atoms in total. The zero-order chi connectivity index (χ0) is 23.9. The van der Waals surface area contributed by atoms with Gasteiger partial charge in [0.05, 0.1) is 12.2 Å². The Bertz CT molecular complexity index is 1290. The predicted octanol–water partition coefficient (Wildman–Crippen LogP) is 6.06. The molecular formula is C29H30N2O3. The maximum Gasteiger partial charge on any atom is 0.338 e. The lowest BCUT2D eigenvalue weighted by Gasteiger charge is -2.11. The Labute approximate surface area is 200 Å². The molecule has 0 atom stereocenters. The fourth-order valence-electron chi connectivity index (χ4n) is 4.06. The maximum absolute atomic E-state index is 12.3. The molecule has 0 aliphatic rings. The first-order chi connectivity index (χ1) is 16.6. The van der Waals surface area contributed by atoms with Crippen molar-refractivity contribution in [2.75, 3.05) is 13.2 Å². The highest BCUT2D eigenvalue weighted by Crippen LogP contribution is 2.26. The molecule has 0 aliphatic carbocycles. The summed E-state index contributed by atoms with van der Waals surface area (Å²) in [5, 5.41) is 4.07. The van der Waals surface area contributed by atoms with Gasteiger partial charge in [0.2, 0.25) is 0 Å². The van der Waals surface area contributed by atoms with E-state index in [0.29, 0.717) is 30.8 Å². The molecule has 1 amide bonds. The Kier molecular flexibility index (Phi) is 7.43. The lowest BCUT2D eigenvalue weighted by atomic mass is 10.0. The van der Waals surface area contributed by atoms with Crippen molar-refractivity contribution < 1.29 is 14.3 Å². The molecule has 34 heavy (non-hydrogen) atoms. The van der Waals surface area contributed by atoms with E-state index < -0.39 is 0 Å². The van der Waals surface area contributed by atoms with Crippen LogP contribution in [0.15, 0.2) is 79.0 Å². The quantitative estimate of drug-likeness (QED) is 0.247. The third-order valence-corrected chi connectivity index (χ3v) is 5.92. The van der Waals surface area contributed by atoms with Crippen LogP contribution >= 0.6 is 0 Å². The summed E-state index contributed by atoms with van der Waals surface area (Å²) < 4.78 is 7.35. The summed E-state index contributed by atoms with van der Waals surface area (Å²) in [5.74, 6) is -0.324. The number of carbonyl (C=O) groups excluding carboxylic acids is 2. The molecule has 1 aromatic heterocycles. The second kappa shape index (κ2) is 10.8. The van der Waals surface area contributed by atoms with Crippen molar-refractivity contribution in [1.29, 1.82) is 0 Å². The number of esters is 1. The van der Waals surface area contributed by atoms with E-state index in [9.17, 15) is 9.59 Å². The molecule has 0 saturated heterocycles. The van der Waals surface area contributed by atoms with Crippen LogP contribution in [0.1, 0.15) is 53.0 Å². The van der Waals surface area contributed by atoms with E-state index in [1.54, 1.807) is 0 Å². The highest BCUT2D eigenvalue weighted by Gasteiger charge is 2.13. The highest BCUT2D eigenvalue weighted by molar-refractivity contribution is 5.95. The highest BCUT2D eigenvalue weighted by atomic mass is 16.5. The minimum atomic E-state index is -0.292. The molecule has 0 fully saturated rings. The zero-order valence-electron chi connectivity index (χ0n) is 19.7. The molecule has 0 radical (unpaired) electrons. The number of hydrogen-bond acceptors (Lipinski definition) is 3. The molecule has 3 aromatic carbocycles. The van der Waals surface area contributed by atoms with Crippen molar-refractivity contribution in [1.82, 2.24) is 9.88 Å². The second-order valence-corrected chi connectivity index (χ2v) is 8.28. The van der Waals surface area contributed by atoms with E-state index in [1.165, 1.54) is 0 Å². The van der Waals surface area contributed by atoms with E-state index in [-0.39, 0.29) is 11.9 Å². The molecule has 0 unspecified atom stereocenters. The molecular weight excluding hydrogens is 424 g/mol. The van der Waals surface area contributed by atoms with Gasteiger partial charge < -0.3 is 14.6 Å². The predicted molar refractivity (Wildman–Crippen MR) is 136 cm³/mol. The van der Waals surface area contributed by atoms with Gasteiger partial charge in [0.25, 0.3) is 5.91 Å². The Morgan fingerprint density at radius 2 is 1.68 bits per heavy atom. The topological polar surface area (TPSA) is 60.3 Å². The average Bonchev–Trinajstić information content (AvgIpc) is 3.26. The smallest absolute Gasteiger partial charge is 0.338 e. The van der Waals surface area contributed by atoms with E-state index in [0.717, 1.165) is 40.4 Å². The summed E-state index contributed by atoms with van der Waals surface area (Å²) in [6.07, 6.45) is 4.08. The van der Waals surface area contributed by atoms with Crippen molar-refractivity contribution in [2.45, 2.75) is 33.2 Å². The lowest BCUT2D eigenvalue weighted by molar-refractivity contribution is 0.0525. The third kappa shape index (κ3) is 5.20. The third-order valence-electron chi connectivity index (χ3n) is 5.92. The van der Waals surface area contributed by atoms with Crippen LogP contribution in [0.3, 0.4) is 0 Å². The first kappa shape index (κ1) is 23.3. The number of aromatic nitrogens is 1. The molecule has 1 heterocycles. The summed E-state index contributed by atoms with van der Waals surface area (Å²) in [7, 11) is 0. The summed E-state index contributed by atoms with van der Waals surface area (Å²) in [6, 6.07) is 23.7. The lowest BCUT2D eigenvalue weighted by Crippen LogP contribution is -2.24. The summed E-state index contributed by atoms with van der Waals surface area (Å²) in [6.45, 7) is 5.56. The van der Waals surface area contributed by atoms with Crippen LogP contribution in [-0.2, 0) is 11.3 Å². The summed E-state index contributed by atoms with van der Waals surface area (Å²) >= 11 is 0. The van der Waals surface area contributed by atoms with Crippen LogP contribution in [0, 0.1) is 0 Å². The molecule has 0 saturated carbocycles. The molecule has 4 aromatic rings. The number of carbonyl (C=O) groups is 2. The van der Waals surface area contributed by atoms with Crippen molar-refractivity contribution in [3.8, 4) is 11.1 Å². The fourth-order valence-corrected chi connectivity index (χ4v) is 4.06. The van der Waals surface area contributed by atoms with E-state index in [2.05, 4.69) is 41.1 Å². The molecule has 4 rings (SSSR count). The molecule has 0 bridgehead atoms. The molecule has 0 aliphatic heterocycles. The van der Waals surface area contributed by atoms with Crippen LogP contribution in [0.5, 0.6) is 0 Å². The van der Waals surface area contributed by atoms with Gasteiger partial charge in [0.1, 0.15) is 0 Å². The van der Waals surface area contributed by atoms with Crippen LogP contribution in [0.25, 0.3) is 22.0 Å². The van der Waals surface area contributed by atoms with Crippen molar-refractivity contribution in [3.05, 3.63) is 95.7 Å². The minimum Gasteiger partial charge on any atom is -0.462 e. The molecule has 5 heteroatoms. The van der Waals surface area contributed by atoms with Gasteiger partial charge in [-0.15, -0.1) is 0 Å². The monoisotopic (exact) mass is 454 g/mol. The van der Waals surface area contributed by atoms with E-state index >= 15 is 0 Å². The summed E-state index contributed by atoms with van der Waals surface area (Å²) in [4.78, 5) is 24.6. The standard InChI is InChI=1S/C29H30N2O3/c1-3-5-17-30-28(32)22-12-10-21(11-13-22)23-14-15-27-24(19-23)16-18-31(27)20-25-8-6-7-9-26(25)29(33)34-4-2/h6-16,18-19H,3-5,17,20H2,1-2H3,(H,30,32). The van der Waals surface area contributed by atoms with Gasteiger partial charge in [-0.25, -0.2) is 4.79 Å². The SMILES string of the molecule is CCCCNC(=O)c1ccc(-c2ccc3c(ccn3Cc3ccccc3C(=O)OCC)c2)cc1. The number of amides is 1. The number of ether oxygens (including phenoxy) is 1. The van der Waals surface area contributed by atoms with E-state index in [4.69, 9.17) is 4.74 Å². The van der Waals surface area contributed by atoms with Gasteiger partial charge in [-0.3, -0.25) is 4.79 Å². The Balaban J connectivity index is 1.53. The number of benzene rings is 3. The van der Waals surface area contributed by atoms with Gasteiger partial charge in [0, 0.05) is 35.8 Å². The van der Waals surface area contributed by atoms with Gasteiger partial charge in [0.15, 0.2) is 0 Å². The van der Waals surface area contributed by atoms with Crippen LogP contribution in [0.2, 0.25) is 0 Å². The first-order valence-corrected chi connectivity index (χ1v) is 11.8. The van der Waals surface area contributed by atoms with Crippen LogP contribution in [0.4, 0.5) is 0 Å². The number of nitrogens with one attached hydrogen (secondary N) is 1. The Morgan fingerprint density at radius 3 is 2.44 bits per heavy atom. The fraction of sp³-hybridized carbons (Fsp3) is 0.241. The summed E-state index contributed by atoms with van der Waals surface area (Å²) in [5.41, 5.74) is 5.45.